The minimum atomic E-state index is -0.632. The first-order valence-electron chi connectivity index (χ1n) is 8.61. The maximum absolute atomic E-state index is 11.3. The van der Waals surface area contributed by atoms with Gasteiger partial charge in [-0.25, -0.2) is 0 Å². The summed E-state index contributed by atoms with van der Waals surface area (Å²) in [5.74, 6) is 1.94. The van der Waals surface area contributed by atoms with Crippen molar-refractivity contribution >= 4 is 5.97 Å². The number of rotatable bonds is 9. The maximum Gasteiger partial charge on any atom is 0.303 e. The summed E-state index contributed by atoms with van der Waals surface area (Å²) in [4.78, 5) is 11.3. The van der Waals surface area contributed by atoms with Gasteiger partial charge < -0.3 is 10.8 Å². The Labute approximate surface area is 129 Å². The van der Waals surface area contributed by atoms with Gasteiger partial charge in [0.05, 0.1) is 6.42 Å². The van der Waals surface area contributed by atoms with Crippen molar-refractivity contribution in [3.8, 4) is 0 Å². The molecule has 3 N–H and O–H groups in total. The molecule has 0 aromatic heterocycles. The lowest BCUT2D eigenvalue weighted by atomic mass is 9.51. The molecule has 1 saturated carbocycles. The van der Waals surface area contributed by atoms with Gasteiger partial charge in [0.25, 0.3) is 0 Å². The average molecular weight is 293 g/mol. The van der Waals surface area contributed by atoms with Crippen LogP contribution < -0.4 is 5.73 Å². The number of allylic oxidation sites excluding steroid dienone is 2. The van der Waals surface area contributed by atoms with E-state index in [0.717, 1.165) is 44.6 Å². The standard InChI is InChI=1S/C18H31NO2/c1-3-13(2)14(8-10-19)7-9-18(12-17(20)21)11-15-5-4-6-16(15)18/h4,6,13-16H,3,5,7-12,19H2,1-2H3,(H,20,21)/t13?,14?,15-,16-,18-/m0/s1. The van der Waals surface area contributed by atoms with Crippen LogP contribution in [0.25, 0.3) is 0 Å². The Morgan fingerprint density at radius 2 is 2.24 bits per heavy atom. The molecule has 2 aliphatic rings. The van der Waals surface area contributed by atoms with Crippen LogP contribution in [0.4, 0.5) is 0 Å². The van der Waals surface area contributed by atoms with Gasteiger partial charge in [0, 0.05) is 0 Å². The highest BCUT2D eigenvalue weighted by Crippen LogP contribution is 2.61. The van der Waals surface area contributed by atoms with Crippen LogP contribution in [0.3, 0.4) is 0 Å². The van der Waals surface area contributed by atoms with E-state index in [9.17, 15) is 9.90 Å². The second kappa shape index (κ2) is 6.95. The summed E-state index contributed by atoms with van der Waals surface area (Å²) >= 11 is 0. The normalized spacial score (nSPS) is 33.3. The van der Waals surface area contributed by atoms with E-state index in [1.807, 2.05) is 0 Å². The quantitative estimate of drug-likeness (QED) is 0.635. The van der Waals surface area contributed by atoms with E-state index >= 15 is 0 Å². The number of hydrogen-bond acceptors (Lipinski definition) is 2. The number of nitrogens with two attached hydrogens (primary N) is 1. The molecule has 0 spiro atoms. The summed E-state index contributed by atoms with van der Waals surface area (Å²) in [6.07, 6.45) is 11.6. The Morgan fingerprint density at radius 1 is 1.48 bits per heavy atom. The molecule has 120 valence electrons. The number of carboxylic acids is 1. The molecule has 0 saturated heterocycles. The lowest BCUT2D eigenvalue weighted by Gasteiger charge is -2.52. The van der Waals surface area contributed by atoms with Gasteiger partial charge in [-0.05, 0) is 67.7 Å². The second-order valence-corrected chi connectivity index (χ2v) is 7.35. The van der Waals surface area contributed by atoms with Crippen molar-refractivity contribution in [1.29, 1.82) is 0 Å². The van der Waals surface area contributed by atoms with Gasteiger partial charge in [0.15, 0.2) is 0 Å². The van der Waals surface area contributed by atoms with Gasteiger partial charge in [0.2, 0.25) is 0 Å². The molecule has 0 radical (unpaired) electrons. The summed E-state index contributed by atoms with van der Waals surface area (Å²) in [6, 6.07) is 0. The van der Waals surface area contributed by atoms with Crippen molar-refractivity contribution in [2.45, 2.75) is 58.8 Å². The van der Waals surface area contributed by atoms with Crippen LogP contribution >= 0.6 is 0 Å². The zero-order chi connectivity index (χ0) is 15.5. The number of carbonyl (C=O) groups is 1. The van der Waals surface area contributed by atoms with Crippen molar-refractivity contribution < 1.29 is 9.90 Å². The van der Waals surface area contributed by atoms with Gasteiger partial charge in [-0.1, -0.05) is 32.4 Å². The Hall–Kier alpha value is -0.830. The van der Waals surface area contributed by atoms with Crippen molar-refractivity contribution in [1.82, 2.24) is 0 Å². The molecule has 0 heterocycles. The minimum Gasteiger partial charge on any atom is -0.481 e. The Balaban J connectivity index is 1.99. The fourth-order valence-electron chi connectivity index (χ4n) is 4.70. The maximum atomic E-state index is 11.3. The first-order chi connectivity index (χ1) is 10.0. The predicted octanol–water partition coefficient (Wildman–Crippen LogP) is 3.83. The summed E-state index contributed by atoms with van der Waals surface area (Å²) in [5, 5.41) is 9.31. The fourth-order valence-corrected chi connectivity index (χ4v) is 4.70. The van der Waals surface area contributed by atoms with Gasteiger partial charge in [-0.3, -0.25) is 4.79 Å². The smallest absolute Gasteiger partial charge is 0.303 e. The van der Waals surface area contributed by atoms with Gasteiger partial charge >= 0.3 is 5.97 Å². The molecule has 3 nitrogen and oxygen atoms in total. The molecule has 0 bridgehead atoms. The van der Waals surface area contributed by atoms with Gasteiger partial charge in [0.1, 0.15) is 0 Å². The molecule has 2 rings (SSSR count). The highest BCUT2D eigenvalue weighted by atomic mass is 16.4. The third-order valence-corrected chi connectivity index (χ3v) is 6.17. The van der Waals surface area contributed by atoms with Crippen LogP contribution in [-0.2, 0) is 4.79 Å². The van der Waals surface area contributed by atoms with Crippen molar-refractivity contribution in [3.05, 3.63) is 12.2 Å². The van der Waals surface area contributed by atoms with E-state index in [2.05, 4.69) is 26.0 Å². The molecule has 1 fully saturated rings. The summed E-state index contributed by atoms with van der Waals surface area (Å²) in [5.41, 5.74) is 5.80. The minimum absolute atomic E-state index is 0.0316. The largest absolute Gasteiger partial charge is 0.481 e. The van der Waals surface area contributed by atoms with Crippen molar-refractivity contribution in [3.63, 3.8) is 0 Å². The SMILES string of the molecule is CCC(C)C(CCN)CC[C@@]1(CC(=O)O)C[C@@H]2CC=C[C@@H]21. The van der Waals surface area contributed by atoms with Crippen LogP contribution in [0.5, 0.6) is 0 Å². The molecular weight excluding hydrogens is 262 g/mol. The van der Waals surface area contributed by atoms with E-state index in [1.165, 1.54) is 6.42 Å². The lowest BCUT2D eigenvalue weighted by molar-refractivity contribution is -0.145. The monoisotopic (exact) mass is 293 g/mol. The van der Waals surface area contributed by atoms with Crippen LogP contribution in [0.15, 0.2) is 12.2 Å². The Kier molecular flexibility index (Phi) is 5.48. The van der Waals surface area contributed by atoms with E-state index in [-0.39, 0.29) is 5.41 Å². The number of aliphatic carboxylic acids is 1. The van der Waals surface area contributed by atoms with E-state index < -0.39 is 5.97 Å². The number of fused-ring (bicyclic) bond motifs is 1. The zero-order valence-electron chi connectivity index (χ0n) is 13.6. The third-order valence-electron chi connectivity index (χ3n) is 6.17. The van der Waals surface area contributed by atoms with Crippen LogP contribution in [0.2, 0.25) is 0 Å². The average Bonchev–Trinajstić information content (AvgIpc) is 2.83. The zero-order valence-corrected chi connectivity index (χ0v) is 13.6. The van der Waals surface area contributed by atoms with Gasteiger partial charge in [-0.15, -0.1) is 0 Å². The van der Waals surface area contributed by atoms with E-state index in [4.69, 9.17) is 5.73 Å². The molecule has 0 aliphatic heterocycles. The molecule has 0 aromatic carbocycles. The highest BCUT2D eigenvalue weighted by Gasteiger charge is 2.53. The van der Waals surface area contributed by atoms with Crippen LogP contribution in [0, 0.1) is 29.1 Å². The first kappa shape index (κ1) is 16.5. The molecule has 3 heteroatoms. The molecule has 2 unspecified atom stereocenters. The summed E-state index contributed by atoms with van der Waals surface area (Å²) < 4.78 is 0. The molecule has 2 aliphatic carbocycles. The topological polar surface area (TPSA) is 63.3 Å². The summed E-state index contributed by atoms with van der Waals surface area (Å²) in [7, 11) is 0. The van der Waals surface area contributed by atoms with Crippen molar-refractivity contribution in [2.75, 3.05) is 6.54 Å². The Bertz CT molecular complexity index is 393. The molecule has 0 aromatic rings. The molecule has 0 amide bonds. The fraction of sp³-hybridized carbons (Fsp3) is 0.833. The van der Waals surface area contributed by atoms with E-state index in [1.54, 1.807) is 0 Å². The highest BCUT2D eigenvalue weighted by molar-refractivity contribution is 5.68. The molecular formula is C18H31NO2. The lowest BCUT2D eigenvalue weighted by Crippen LogP contribution is -2.47. The second-order valence-electron chi connectivity index (χ2n) is 7.35. The van der Waals surface area contributed by atoms with Crippen LogP contribution in [0.1, 0.15) is 58.8 Å². The number of hydrogen-bond donors (Lipinski definition) is 2. The Morgan fingerprint density at radius 3 is 2.81 bits per heavy atom. The third kappa shape index (κ3) is 3.50. The van der Waals surface area contributed by atoms with Crippen LogP contribution in [-0.4, -0.2) is 17.6 Å². The predicted molar refractivity (Wildman–Crippen MR) is 85.9 cm³/mol. The van der Waals surface area contributed by atoms with Gasteiger partial charge in [-0.2, -0.15) is 0 Å². The van der Waals surface area contributed by atoms with Crippen molar-refractivity contribution in [2.24, 2.45) is 34.8 Å². The molecule has 21 heavy (non-hydrogen) atoms. The first-order valence-corrected chi connectivity index (χ1v) is 8.61. The number of carboxylic acid groups (broad SMARTS) is 1. The molecule has 5 atom stereocenters. The van der Waals surface area contributed by atoms with E-state index in [0.29, 0.717) is 24.2 Å². The summed E-state index contributed by atoms with van der Waals surface area (Å²) in [6.45, 7) is 5.29.